The zero-order valence-electron chi connectivity index (χ0n) is 18.8. The van der Waals surface area contributed by atoms with Crippen LogP contribution in [0, 0.1) is 5.82 Å². The highest BCUT2D eigenvalue weighted by Gasteiger charge is 2.18. The van der Waals surface area contributed by atoms with Gasteiger partial charge in [0.15, 0.2) is 11.5 Å². The van der Waals surface area contributed by atoms with Crippen LogP contribution in [0.3, 0.4) is 0 Å². The van der Waals surface area contributed by atoms with Crippen LogP contribution in [-0.2, 0) is 0 Å². The first-order chi connectivity index (χ1) is 15.5. The number of benzene rings is 3. The standard InChI is InChI=1S/C27H30FNO3/c1-18(2)32-24-11-6-21(7-12-24)25(20-4-9-23(28)10-5-20)14-15-29-19(3)22-8-13-26-27(16-22)31-17-30-26/h4-13,16,18-19,25,29H,14-15,17H2,1-3H3/t19-,25-/m1/s1. The molecule has 0 spiro atoms. The second kappa shape index (κ2) is 10.0. The van der Waals surface area contributed by atoms with E-state index in [0.29, 0.717) is 0 Å². The quantitative estimate of drug-likeness (QED) is 0.433. The van der Waals surface area contributed by atoms with Crippen LogP contribution < -0.4 is 19.5 Å². The first-order valence-electron chi connectivity index (χ1n) is 11.1. The molecular formula is C27H30FNO3. The Bertz CT molecular complexity index is 1020. The molecule has 4 nitrogen and oxygen atoms in total. The molecule has 2 atom stereocenters. The van der Waals surface area contributed by atoms with E-state index < -0.39 is 0 Å². The van der Waals surface area contributed by atoms with Crippen LogP contribution >= 0.6 is 0 Å². The smallest absolute Gasteiger partial charge is 0.231 e. The van der Waals surface area contributed by atoms with Crippen molar-refractivity contribution in [3.63, 3.8) is 0 Å². The van der Waals surface area contributed by atoms with Crippen molar-refractivity contribution in [2.45, 2.75) is 45.3 Å². The molecule has 1 N–H and O–H groups in total. The van der Waals surface area contributed by atoms with Gasteiger partial charge in [0, 0.05) is 12.0 Å². The Morgan fingerprint density at radius 1 is 0.844 bits per heavy atom. The van der Waals surface area contributed by atoms with Gasteiger partial charge in [0.05, 0.1) is 6.10 Å². The van der Waals surface area contributed by atoms with Crippen LogP contribution in [0.4, 0.5) is 4.39 Å². The van der Waals surface area contributed by atoms with E-state index in [-0.39, 0.29) is 30.7 Å². The molecule has 0 unspecified atom stereocenters. The molecule has 3 aromatic rings. The summed E-state index contributed by atoms with van der Waals surface area (Å²) >= 11 is 0. The Kier molecular flexibility index (Phi) is 6.96. The number of ether oxygens (including phenoxy) is 3. The monoisotopic (exact) mass is 435 g/mol. The Balaban J connectivity index is 1.45. The third kappa shape index (κ3) is 5.40. The van der Waals surface area contributed by atoms with Gasteiger partial charge in [-0.1, -0.05) is 30.3 Å². The van der Waals surface area contributed by atoms with Gasteiger partial charge < -0.3 is 19.5 Å². The minimum atomic E-state index is -0.220. The summed E-state index contributed by atoms with van der Waals surface area (Å²) in [6.45, 7) is 7.26. The lowest BCUT2D eigenvalue weighted by atomic mass is 9.88. The van der Waals surface area contributed by atoms with E-state index in [1.807, 2.05) is 50.2 Å². The van der Waals surface area contributed by atoms with Gasteiger partial charge in [0.25, 0.3) is 0 Å². The van der Waals surface area contributed by atoms with Gasteiger partial charge in [0.1, 0.15) is 11.6 Å². The van der Waals surface area contributed by atoms with Crippen molar-refractivity contribution in [3.8, 4) is 17.2 Å². The lowest BCUT2D eigenvalue weighted by Gasteiger charge is -2.21. The van der Waals surface area contributed by atoms with Gasteiger partial charge in [-0.25, -0.2) is 4.39 Å². The fourth-order valence-corrected chi connectivity index (χ4v) is 4.02. The number of hydrogen-bond donors (Lipinski definition) is 1. The first kappa shape index (κ1) is 22.2. The van der Waals surface area contributed by atoms with E-state index in [1.165, 1.54) is 17.7 Å². The van der Waals surface area contributed by atoms with E-state index in [4.69, 9.17) is 14.2 Å². The summed E-state index contributed by atoms with van der Waals surface area (Å²) in [6, 6.07) is 21.3. The predicted octanol–water partition coefficient (Wildman–Crippen LogP) is 6.21. The Labute approximate surface area is 189 Å². The van der Waals surface area contributed by atoms with Crippen molar-refractivity contribution in [1.82, 2.24) is 5.32 Å². The van der Waals surface area contributed by atoms with E-state index in [1.54, 1.807) is 0 Å². The van der Waals surface area contributed by atoms with Gasteiger partial charge in [-0.2, -0.15) is 0 Å². The zero-order valence-corrected chi connectivity index (χ0v) is 18.8. The topological polar surface area (TPSA) is 39.7 Å². The molecule has 0 bridgehead atoms. The SMILES string of the molecule is CC(C)Oc1ccc([C@H](CCN[C@H](C)c2ccc3c(c2)OCO3)c2ccc(F)cc2)cc1. The molecule has 4 rings (SSSR count). The number of hydrogen-bond acceptors (Lipinski definition) is 4. The molecule has 0 saturated carbocycles. The average molecular weight is 436 g/mol. The molecule has 5 heteroatoms. The van der Waals surface area contributed by atoms with Crippen LogP contribution in [-0.4, -0.2) is 19.4 Å². The average Bonchev–Trinajstić information content (AvgIpc) is 3.26. The van der Waals surface area contributed by atoms with Crippen molar-refractivity contribution in [2.24, 2.45) is 0 Å². The maximum atomic E-state index is 13.5. The molecule has 1 aliphatic heterocycles. The summed E-state index contributed by atoms with van der Waals surface area (Å²) in [5.41, 5.74) is 3.44. The van der Waals surface area contributed by atoms with Gasteiger partial charge in [-0.15, -0.1) is 0 Å². The molecule has 0 radical (unpaired) electrons. The van der Waals surface area contributed by atoms with Gasteiger partial charge >= 0.3 is 0 Å². The summed E-state index contributed by atoms with van der Waals surface area (Å²) in [4.78, 5) is 0. The molecule has 0 fully saturated rings. The molecule has 1 heterocycles. The van der Waals surface area contributed by atoms with E-state index in [0.717, 1.165) is 41.3 Å². The molecule has 32 heavy (non-hydrogen) atoms. The molecule has 0 saturated heterocycles. The molecule has 1 aliphatic rings. The normalized spacial score (nSPS) is 14.4. The van der Waals surface area contributed by atoms with Crippen molar-refractivity contribution < 1.29 is 18.6 Å². The summed E-state index contributed by atoms with van der Waals surface area (Å²) in [5, 5.41) is 3.61. The molecular weight excluding hydrogens is 405 g/mol. The van der Waals surface area contributed by atoms with E-state index in [9.17, 15) is 4.39 Å². The first-order valence-corrected chi connectivity index (χ1v) is 11.1. The molecule has 0 amide bonds. The molecule has 0 aromatic heterocycles. The number of nitrogens with one attached hydrogen (secondary N) is 1. The third-order valence-corrected chi connectivity index (χ3v) is 5.71. The molecule has 3 aromatic carbocycles. The zero-order chi connectivity index (χ0) is 22.5. The lowest BCUT2D eigenvalue weighted by Crippen LogP contribution is -2.22. The van der Waals surface area contributed by atoms with Gasteiger partial charge in [0.2, 0.25) is 6.79 Å². The van der Waals surface area contributed by atoms with Crippen molar-refractivity contribution in [1.29, 1.82) is 0 Å². The summed E-state index contributed by atoms with van der Waals surface area (Å²) in [7, 11) is 0. The van der Waals surface area contributed by atoms with Crippen LogP contribution in [0.15, 0.2) is 66.7 Å². The largest absolute Gasteiger partial charge is 0.491 e. The van der Waals surface area contributed by atoms with Gasteiger partial charge in [-0.3, -0.25) is 0 Å². The number of fused-ring (bicyclic) bond motifs is 1. The fraction of sp³-hybridized carbons (Fsp3) is 0.333. The Morgan fingerprint density at radius 2 is 1.47 bits per heavy atom. The van der Waals surface area contributed by atoms with Crippen molar-refractivity contribution in [3.05, 3.63) is 89.2 Å². The predicted molar refractivity (Wildman–Crippen MR) is 124 cm³/mol. The molecule has 0 aliphatic carbocycles. The van der Waals surface area contributed by atoms with Crippen LogP contribution in [0.2, 0.25) is 0 Å². The fourth-order valence-electron chi connectivity index (χ4n) is 4.02. The van der Waals surface area contributed by atoms with Crippen LogP contribution in [0.25, 0.3) is 0 Å². The second-order valence-corrected chi connectivity index (χ2v) is 8.42. The molecule has 168 valence electrons. The Hall–Kier alpha value is -3.05. The minimum Gasteiger partial charge on any atom is -0.491 e. The maximum Gasteiger partial charge on any atom is 0.231 e. The minimum absolute atomic E-state index is 0.135. The second-order valence-electron chi connectivity index (χ2n) is 8.42. The van der Waals surface area contributed by atoms with Crippen LogP contribution in [0.5, 0.6) is 17.2 Å². The highest BCUT2D eigenvalue weighted by atomic mass is 19.1. The van der Waals surface area contributed by atoms with E-state index >= 15 is 0 Å². The van der Waals surface area contributed by atoms with Gasteiger partial charge in [-0.05, 0) is 86.8 Å². The summed E-state index contributed by atoms with van der Waals surface area (Å²) < 4.78 is 30.2. The highest BCUT2D eigenvalue weighted by molar-refractivity contribution is 5.45. The Morgan fingerprint density at radius 3 is 2.16 bits per heavy atom. The highest BCUT2D eigenvalue weighted by Crippen LogP contribution is 2.34. The number of rotatable bonds is 9. The summed E-state index contributed by atoms with van der Waals surface area (Å²) in [6.07, 6.45) is 1.01. The lowest BCUT2D eigenvalue weighted by molar-refractivity contribution is 0.174. The summed E-state index contributed by atoms with van der Waals surface area (Å²) in [5.74, 6) is 2.38. The van der Waals surface area contributed by atoms with Crippen molar-refractivity contribution >= 4 is 0 Å². The maximum absolute atomic E-state index is 13.5. The third-order valence-electron chi connectivity index (χ3n) is 5.71. The van der Waals surface area contributed by atoms with E-state index in [2.05, 4.69) is 30.4 Å². The van der Waals surface area contributed by atoms with Crippen molar-refractivity contribution in [2.75, 3.05) is 13.3 Å². The van der Waals surface area contributed by atoms with Crippen LogP contribution in [0.1, 0.15) is 55.8 Å². The number of halogens is 1.